The molecule has 0 aromatic rings. The van der Waals surface area contributed by atoms with Crippen LogP contribution in [0.5, 0.6) is 0 Å². The lowest BCUT2D eigenvalue weighted by Gasteiger charge is -2.28. The zero-order valence-corrected chi connectivity index (χ0v) is 5.88. The van der Waals surface area contributed by atoms with E-state index in [2.05, 4.69) is 6.92 Å². The number of aliphatic hydroxyl groups is 1. The molecule has 0 aromatic carbocycles. The van der Waals surface area contributed by atoms with Crippen LogP contribution in [0.15, 0.2) is 0 Å². The van der Waals surface area contributed by atoms with E-state index in [1.165, 1.54) is 0 Å². The Morgan fingerprint density at radius 1 is 1.44 bits per heavy atom. The van der Waals surface area contributed by atoms with Crippen molar-refractivity contribution >= 4 is 0 Å². The van der Waals surface area contributed by atoms with Crippen molar-refractivity contribution < 1.29 is 5.11 Å². The number of nitrogens with two attached hydrogens (primary N) is 1. The molecule has 1 rings (SSSR count). The Bertz CT molecular complexity index is 94.9. The molecule has 1 aliphatic rings. The van der Waals surface area contributed by atoms with E-state index < -0.39 is 0 Å². The van der Waals surface area contributed by atoms with Crippen LogP contribution >= 0.6 is 0 Å². The van der Waals surface area contributed by atoms with E-state index in [9.17, 15) is 5.11 Å². The normalized spacial score (nSPS) is 45.0. The largest absolute Gasteiger partial charge is 0.392 e. The molecule has 3 unspecified atom stereocenters. The van der Waals surface area contributed by atoms with E-state index in [4.69, 9.17) is 5.73 Å². The van der Waals surface area contributed by atoms with Gasteiger partial charge in [-0.15, -0.1) is 0 Å². The summed E-state index contributed by atoms with van der Waals surface area (Å²) in [6, 6.07) is 0.0359. The summed E-state index contributed by atoms with van der Waals surface area (Å²) < 4.78 is 0. The van der Waals surface area contributed by atoms with Crippen LogP contribution in [0.4, 0.5) is 0 Å². The molecule has 9 heavy (non-hydrogen) atoms. The van der Waals surface area contributed by atoms with Gasteiger partial charge in [0.15, 0.2) is 0 Å². The first-order valence-electron chi connectivity index (χ1n) is 3.64. The molecule has 2 heteroatoms. The molecule has 1 saturated carbocycles. The van der Waals surface area contributed by atoms with Crippen LogP contribution in [0.1, 0.15) is 26.2 Å². The fraction of sp³-hybridized carbons (Fsp3) is 1.00. The van der Waals surface area contributed by atoms with Crippen LogP contribution in [-0.2, 0) is 0 Å². The Hall–Kier alpha value is -0.0800. The number of rotatable bonds is 0. The SMILES string of the molecule is CC1CCC(O)C(N)C1. The Morgan fingerprint density at radius 3 is 2.56 bits per heavy atom. The predicted octanol–water partition coefficient (Wildman–Crippen LogP) is 0.495. The highest BCUT2D eigenvalue weighted by molar-refractivity contribution is 4.79. The van der Waals surface area contributed by atoms with E-state index >= 15 is 0 Å². The fourth-order valence-corrected chi connectivity index (χ4v) is 1.41. The second kappa shape index (κ2) is 2.67. The molecule has 3 atom stereocenters. The maximum atomic E-state index is 9.17. The summed E-state index contributed by atoms with van der Waals surface area (Å²) in [5.74, 6) is 0.711. The summed E-state index contributed by atoms with van der Waals surface area (Å²) in [5, 5.41) is 9.17. The highest BCUT2D eigenvalue weighted by atomic mass is 16.3. The minimum absolute atomic E-state index is 0.0359. The van der Waals surface area contributed by atoms with Crippen molar-refractivity contribution in [1.82, 2.24) is 0 Å². The second-order valence-electron chi connectivity index (χ2n) is 3.15. The van der Waals surface area contributed by atoms with Crippen LogP contribution in [0, 0.1) is 5.92 Å². The summed E-state index contributed by atoms with van der Waals surface area (Å²) in [6.45, 7) is 2.19. The van der Waals surface area contributed by atoms with E-state index in [1.807, 2.05) is 0 Å². The predicted molar refractivity (Wildman–Crippen MR) is 37.0 cm³/mol. The third-order valence-corrected chi connectivity index (χ3v) is 2.12. The fourth-order valence-electron chi connectivity index (χ4n) is 1.41. The summed E-state index contributed by atoms with van der Waals surface area (Å²) in [7, 11) is 0. The molecule has 1 fully saturated rings. The molecule has 2 nitrogen and oxygen atoms in total. The Morgan fingerprint density at radius 2 is 2.11 bits per heavy atom. The maximum Gasteiger partial charge on any atom is 0.0691 e. The number of aliphatic hydroxyl groups excluding tert-OH is 1. The molecule has 0 heterocycles. The van der Waals surface area contributed by atoms with Gasteiger partial charge in [-0.2, -0.15) is 0 Å². The lowest BCUT2D eigenvalue weighted by Crippen LogP contribution is -2.39. The molecule has 0 amide bonds. The summed E-state index contributed by atoms with van der Waals surface area (Å²) in [5.41, 5.74) is 5.62. The molecule has 0 bridgehead atoms. The van der Waals surface area contributed by atoms with Gasteiger partial charge >= 0.3 is 0 Å². The first-order chi connectivity index (χ1) is 4.20. The van der Waals surface area contributed by atoms with E-state index in [1.54, 1.807) is 0 Å². The number of hydrogen-bond donors (Lipinski definition) is 2. The summed E-state index contributed by atoms with van der Waals surface area (Å²) in [4.78, 5) is 0. The van der Waals surface area contributed by atoms with Crippen molar-refractivity contribution in [3.8, 4) is 0 Å². The molecule has 0 saturated heterocycles. The molecule has 0 radical (unpaired) electrons. The lowest BCUT2D eigenvalue weighted by atomic mass is 9.86. The first-order valence-corrected chi connectivity index (χ1v) is 3.64. The summed E-state index contributed by atoms with van der Waals surface area (Å²) in [6.07, 6.45) is 2.78. The lowest BCUT2D eigenvalue weighted by molar-refractivity contribution is 0.0906. The third kappa shape index (κ3) is 1.66. The Balaban J connectivity index is 2.35. The molecular weight excluding hydrogens is 114 g/mol. The average Bonchev–Trinajstić information content (AvgIpc) is 1.80. The maximum absolute atomic E-state index is 9.17. The smallest absolute Gasteiger partial charge is 0.0691 e. The quantitative estimate of drug-likeness (QED) is 0.500. The van der Waals surface area contributed by atoms with Crippen LogP contribution < -0.4 is 5.73 Å². The minimum Gasteiger partial charge on any atom is -0.392 e. The van der Waals surface area contributed by atoms with Gasteiger partial charge in [-0.25, -0.2) is 0 Å². The van der Waals surface area contributed by atoms with Crippen LogP contribution in [0.25, 0.3) is 0 Å². The molecule has 0 aliphatic heterocycles. The van der Waals surface area contributed by atoms with Gasteiger partial charge in [-0.3, -0.25) is 0 Å². The van der Waals surface area contributed by atoms with E-state index in [0.29, 0.717) is 5.92 Å². The highest BCUT2D eigenvalue weighted by Crippen LogP contribution is 2.22. The van der Waals surface area contributed by atoms with Crippen LogP contribution in [-0.4, -0.2) is 17.3 Å². The third-order valence-electron chi connectivity index (χ3n) is 2.12. The topological polar surface area (TPSA) is 46.2 Å². The van der Waals surface area contributed by atoms with Crippen molar-refractivity contribution in [3.63, 3.8) is 0 Å². The van der Waals surface area contributed by atoms with Crippen molar-refractivity contribution in [2.24, 2.45) is 11.7 Å². The zero-order valence-electron chi connectivity index (χ0n) is 5.88. The van der Waals surface area contributed by atoms with Gasteiger partial charge in [-0.05, 0) is 25.2 Å². The second-order valence-corrected chi connectivity index (χ2v) is 3.15. The summed E-state index contributed by atoms with van der Waals surface area (Å²) >= 11 is 0. The molecule has 3 N–H and O–H groups in total. The van der Waals surface area contributed by atoms with Gasteiger partial charge in [0.2, 0.25) is 0 Å². The van der Waals surface area contributed by atoms with Crippen molar-refractivity contribution in [2.45, 2.75) is 38.3 Å². The van der Waals surface area contributed by atoms with Crippen LogP contribution in [0.2, 0.25) is 0 Å². The molecule has 1 aliphatic carbocycles. The monoisotopic (exact) mass is 129 g/mol. The number of hydrogen-bond acceptors (Lipinski definition) is 2. The van der Waals surface area contributed by atoms with Crippen molar-refractivity contribution in [2.75, 3.05) is 0 Å². The van der Waals surface area contributed by atoms with Crippen molar-refractivity contribution in [1.29, 1.82) is 0 Å². The van der Waals surface area contributed by atoms with Crippen LogP contribution in [0.3, 0.4) is 0 Å². The van der Waals surface area contributed by atoms with E-state index in [0.717, 1.165) is 19.3 Å². The van der Waals surface area contributed by atoms with Gasteiger partial charge in [-0.1, -0.05) is 6.92 Å². The average molecular weight is 129 g/mol. The first kappa shape index (κ1) is 7.03. The molecular formula is C7H15NO. The highest BCUT2D eigenvalue weighted by Gasteiger charge is 2.23. The minimum atomic E-state index is -0.235. The standard InChI is InChI=1S/C7H15NO/c1-5-2-3-7(9)6(8)4-5/h5-7,9H,2-4,8H2,1H3. The molecule has 0 aromatic heterocycles. The van der Waals surface area contributed by atoms with Crippen molar-refractivity contribution in [3.05, 3.63) is 0 Å². The van der Waals surface area contributed by atoms with Gasteiger partial charge in [0.25, 0.3) is 0 Å². The van der Waals surface area contributed by atoms with Gasteiger partial charge in [0.1, 0.15) is 0 Å². The van der Waals surface area contributed by atoms with Gasteiger partial charge < -0.3 is 10.8 Å². The Kier molecular flexibility index (Phi) is 2.09. The zero-order chi connectivity index (χ0) is 6.85. The molecule has 0 spiro atoms. The van der Waals surface area contributed by atoms with Gasteiger partial charge in [0.05, 0.1) is 6.10 Å². The molecule has 54 valence electrons. The Labute approximate surface area is 56.1 Å². The van der Waals surface area contributed by atoms with E-state index in [-0.39, 0.29) is 12.1 Å². The van der Waals surface area contributed by atoms with Gasteiger partial charge in [0, 0.05) is 6.04 Å².